The number of amides is 1. The maximum atomic E-state index is 11.7. The minimum atomic E-state index is -1.06. The third kappa shape index (κ3) is 3.78. The number of carboxylic acid groups (broad SMARTS) is 1. The number of aliphatic carboxylic acids is 1. The Bertz CT molecular complexity index is 918. The Morgan fingerprint density at radius 1 is 1.17 bits per heavy atom. The Labute approximate surface area is 143 Å². The molecule has 3 aromatic rings. The van der Waals surface area contributed by atoms with Crippen LogP contribution in [0.15, 0.2) is 42.5 Å². The average molecular weight is 340 g/mol. The van der Waals surface area contributed by atoms with Crippen LogP contribution in [0.1, 0.15) is 10.6 Å². The highest BCUT2D eigenvalue weighted by Crippen LogP contribution is 2.28. The average Bonchev–Trinajstić information content (AvgIpc) is 2.94. The number of aromatic nitrogens is 1. The summed E-state index contributed by atoms with van der Waals surface area (Å²) in [5, 5.41) is 11.6. The zero-order chi connectivity index (χ0) is 17.1. The lowest BCUT2D eigenvalue weighted by atomic mass is 10.0. The van der Waals surface area contributed by atoms with Gasteiger partial charge in [-0.15, -0.1) is 11.3 Å². The smallest absolute Gasteiger partial charge is 0.322 e. The molecule has 5 nitrogen and oxygen atoms in total. The summed E-state index contributed by atoms with van der Waals surface area (Å²) < 4.78 is 1.01. The molecule has 6 heteroatoms. The first kappa shape index (κ1) is 16.1. The first-order valence-electron chi connectivity index (χ1n) is 7.46. The van der Waals surface area contributed by atoms with Gasteiger partial charge in [-0.05, 0) is 30.2 Å². The number of carbonyl (C=O) groups excluding carboxylic acids is 1. The predicted octanol–water partition coefficient (Wildman–Crippen LogP) is 3.02. The summed E-state index contributed by atoms with van der Waals surface area (Å²) in [5.74, 6) is -1.40. The molecule has 0 aliphatic heterocycles. The summed E-state index contributed by atoms with van der Waals surface area (Å²) in [7, 11) is 0. The van der Waals surface area contributed by atoms with Crippen molar-refractivity contribution in [3.63, 3.8) is 0 Å². The molecule has 1 heterocycles. The van der Waals surface area contributed by atoms with E-state index in [2.05, 4.69) is 41.5 Å². The molecule has 0 aliphatic rings. The molecule has 2 N–H and O–H groups in total. The number of nitrogens with zero attached hydrogens (tertiary/aromatic N) is 1. The first-order valence-corrected chi connectivity index (χ1v) is 8.28. The number of thiazole rings is 1. The van der Waals surface area contributed by atoms with Crippen LogP contribution in [0.25, 0.3) is 21.3 Å². The van der Waals surface area contributed by atoms with E-state index in [1.54, 1.807) is 0 Å². The minimum Gasteiger partial charge on any atom is -0.480 e. The van der Waals surface area contributed by atoms with E-state index in [0.29, 0.717) is 5.01 Å². The first-order chi connectivity index (χ1) is 11.5. The molecule has 0 spiro atoms. The Hall–Kier alpha value is -2.73. The summed E-state index contributed by atoms with van der Waals surface area (Å²) in [6, 6.07) is 14.3. The molecule has 0 atom stereocenters. The zero-order valence-corrected chi connectivity index (χ0v) is 13.9. The van der Waals surface area contributed by atoms with Gasteiger partial charge in [0.05, 0.1) is 16.6 Å². The van der Waals surface area contributed by atoms with Gasteiger partial charge in [0, 0.05) is 0 Å². The molecule has 0 saturated heterocycles. The Kier molecular flexibility index (Phi) is 4.57. The van der Waals surface area contributed by atoms with Crippen LogP contribution in [0.5, 0.6) is 0 Å². The standard InChI is InChI=1S/C18H16N2O3S/c1-11-3-2-4-12(7-11)13-5-6-14-15(8-13)24-17(20-14)9-16(21)19-10-18(22)23/h2-8H,9-10H2,1H3,(H,19,21)(H,22,23). The molecule has 3 rings (SSSR count). The highest BCUT2D eigenvalue weighted by molar-refractivity contribution is 7.18. The zero-order valence-electron chi connectivity index (χ0n) is 13.1. The maximum absolute atomic E-state index is 11.7. The lowest BCUT2D eigenvalue weighted by Gasteiger charge is -2.02. The lowest BCUT2D eigenvalue weighted by Crippen LogP contribution is -2.30. The number of fused-ring (bicyclic) bond motifs is 1. The summed E-state index contributed by atoms with van der Waals surface area (Å²) in [6.07, 6.45) is 0.0897. The fourth-order valence-corrected chi connectivity index (χ4v) is 3.43. The van der Waals surface area contributed by atoms with Crippen molar-refractivity contribution in [3.05, 3.63) is 53.0 Å². The van der Waals surface area contributed by atoms with Crippen molar-refractivity contribution in [3.8, 4) is 11.1 Å². The number of hydrogen-bond donors (Lipinski definition) is 2. The third-order valence-corrected chi connectivity index (χ3v) is 4.55. The van der Waals surface area contributed by atoms with E-state index in [1.165, 1.54) is 16.9 Å². The second-order valence-corrected chi connectivity index (χ2v) is 6.62. The van der Waals surface area contributed by atoms with E-state index in [4.69, 9.17) is 5.11 Å². The molecule has 0 unspecified atom stereocenters. The van der Waals surface area contributed by atoms with E-state index in [9.17, 15) is 9.59 Å². The summed E-state index contributed by atoms with van der Waals surface area (Å²) in [5.41, 5.74) is 4.30. The Morgan fingerprint density at radius 3 is 2.71 bits per heavy atom. The topological polar surface area (TPSA) is 79.3 Å². The van der Waals surface area contributed by atoms with Gasteiger partial charge in [-0.3, -0.25) is 9.59 Å². The van der Waals surface area contributed by atoms with E-state index in [0.717, 1.165) is 21.3 Å². The molecule has 0 aliphatic carbocycles. The van der Waals surface area contributed by atoms with E-state index in [1.807, 2.05) is 18.2 Å². The number of hydrogen-bond acceptors (Lipinski definition) is 4. The monoisotopic (exact) mass is 340 g/mol. The van der Waals surface area contributed by atoms with Gasteiger partial charge >= 0.3 is 5.97 Å². The van der Waals surface area contributed by atoms with E-state index < -0.39 is 5.97 Å². The van der Waals surface area contributed by atoms with Gasteiger partial charge in [-0.2, -0.15) is 0 Å². The largest absolute Gasteiger partial charge is 0.480 e. The Morgan fingerprint density at radius 2 is 1.96 bits per heavy atom. The molecule has 1 aromatic heterocycles. The van der Waals surface area contributed by atoms with Gasteiger partial charge in [0.15, 0.2) is 0 Å². The SMILES string of the molecule is Cc1cccc(-c2ccc3nc(CC(=O)NCC(=O)O)sc3c2)c1. The van der Waals surface area contributed by atoms with E-state index >= 15 is 0 Å². The fourth-order valence-electron chi connectivity index (χ4n) is 2.43. The van der Waals surface area contributed by atoms with Crippen LogP contribution >= 0.6 is 11.3 Å². The maximum Gasteiger partial charge on any atom is 0.322 e. The highest BCUT2D eigenvalue weighted by Gasteiger charge is 2.11. The van der Waals surface area contributed by atoms with E-state index in [-0.39, 0.29) is 18.9 Å². The van der Waals surface area contributed by atoms with Crippen molar-refractivity contribution in [2.24, 2.45) is 0 Å². The van der Waals surface area contributed by atoms with Crippen molar-refractivity contribution in [2.45, 2.75) is 13.3 Å². The van der Waals surface area contributed by atoms with Gasteiger partial charge in [0.25, 0.3) is 0 Å². The number of carboxylic acids is 1. The molecular weight excluding hydrogens is 324 g/mol. The quantitative estimate of drug-likeness (QED) is 0.748. The summed E-state index contributed by atoms with van der Waals surface area (Å²) >= 11 is 1.45. The molecular formula is C18H16N2O3S. The predicted molar refractivity (Wildman–Crippen MR) is 94.1 cm³/mol. The number of rotatable bonds is 5. The van der Waals surface area contributed by atoms with Gasteiger partial charge in [-0.1, -0.05) is 35.9 Å². The van der Waals surface area contributed by atoms with Gasteiger partial charge in [-0.25, -0.2) is 4.98 Å². The molecule has 2 aromatic carbocycles. The van der Waals surface area contributed by atoms with Crippen molar-refractivity contribution in [1.29, 1.82) is 0 Å². The van der Waals surface area contributed by atoms with Crippen molar-refractivity contribution < 1.29 is 14.7 Å². The fraction of sp³-hybridized carbons (Fsp3) is 0.167. The van der Waals surface area contributed by atoms with Gasteiger partial charge in [0.1, 0.15) is 11.6 Å². The summed E-state index contributed by atoms with van der Waals surface area (Å²) in [6.45, 7) is 1.68. The molecule has 1 amide bonds. The highest BCUT2D eigenvalue weighted by atomic mass is 32.1. The van der Waals surface area contributed by atoms with Crippen LogP contribution in [0.4, 0.5) is 0 Å². The number of nitrogens with one attached hydrogen (secondary N) is 1. The van der Waals surface area contributed by atoms with Crippen LogP contribution in [0.3, 0.4) is 0 Å². The minimum absolute atomic E-state index is 0.0897. The molecule has 122 valence electrons. The van der Waals surface area contributed by atoms with Crippen LogP contribution < -0.4 is 5.32 Å². The lowest BCUT2D eigenvalue weighted by molar-refractivity contribution is -0.137. The molecule has 0 fully saturated rings. The van der Waals surface area contributed by atoms with Crippen LogP contribution in [-0.4, -0.2) is 28.5 Å². The molecule has 24 heavy (non-hydrogen) atoms. The number of aryl methyl sites for hydroxylation is 1. The van der Waals surface area contributed by atoms with Crippen molar-refractivity contribution in [1.82, 2.24) is 10.3 Å². The van der Waals surface area contributed by atoms with Crippen LogP contribution in [0.2, 0.25) is 0 Å². The van der Waals surface area contributed by atoms with Crippen molar-refractivity contribution >= 4 is 33.4 Å². The van der Waals surface area contributed by atoms with Crippen molar-refractivity contribution in [2.75, 3.05) is 6.54 Å². The summed E-state index contributed by atoms with van der Waals surface area (Å²) in [4.78, 5) is 26.6. The second-order valence-electron chi connectivity index (χ2n) is 5.51. The van der Waals surface area contributed by atoms with Crippen LogP contribution in [-0.2, 0) is 16.0 Å². The van der Waals surface area contributed by atoms with Crippen LogP contribution in [0, 0.1) is 6.92 Å². The molecule has 0 bridgehead atoms. The normalized spacial score (nSPS) is 10.7. The Balaban J connectivity index is 1.81. The second kappa shape index (κ2) is 6.80. The number of carbonyl (C=O) groups is 2. The molecule has 0 radical (unpaired) electrons. The number of benzene rings is 2. The van der Waals surface area contributed by atoms with Gasteiger partial charge < -0.3 is 10.4 Å². The van der Waals surface area contributed by atoms with Gasteiger partial charge in [0.2, 0.25) is 5.91 Å². The third-order valence-electron chi connectivity index (χ3n) is 3.53. The molecule has 0 saturated carbocycles.